The monoisotopic (exact) mass is 335 g/mol. The molecule has 0 spiro atoms. The van der Waals surface area contributed by atoms with Gasteiger partial charge in [-0.15, -0.1) is 11.8 Å². The normalized spacial score (nSPS) is 12.2. The Kier molecular flexibility index (Phi) is 5.24. The highest BCUT2D eigenvalue weighted by molar-refractivity contribution is 9.10. The average Bonchev–Trinajstić information content (AvgIpc) is 2.24. The number of hydrogen-bond donors (Lipinski definition) is 1. The molecule has 0 bridgehead atoms. The molecule has 17 heavy (non-hydrogen) atoms. The van der Waals surface area contributed by atoms with Gasteiger partial charge in [-0.05, 0) is 39.9 Å². The topological polar surface area (TPSA) is 60.2 Å². The summed E-state index contributed by atoms with van der Waals surface area (Å²) in [5, 5.41) is 0. The molecule has 0 unspecified atom stereocenters. The van der Waals surface area contributed by atoms with E-state index in [1.807, 2.05) is 18.4 Å². The van der Waals surface area contributed by atoms with E-state index in [4.69, 9.17) is 5.73 Å². The molecule has 0 atom stereocenters. The number of nitrogens with two attached hydrogens (primary N) is 1. The van der Waals surface area contributed by atoms with Crippen LogP contribution in [0.15, 0.2) is 32.5 Å². The maximum absolute atomic E-state index is 11.7. The van der Waals surface area contributed by atoms with E-state index in [1.165, 1.54) is 18.0 Å². The summed E-state index contributed by atoms with van der Waals surface area (Å²) < 4.78 is 24.2. The summed E-state index contributed by atoms with van der Waals surface area (Å²) in [7, 11) is -3.23. The van der Waals surface area contributed by atoms with Crippen molar-refractivity contribution in [1.82, 2.24) is 0 Å². The largest absolute Gasteiger partial charge is 0.327 e. The Morgan fingerprint density at radius 2 is 2.12 bits per heavy atom. The van der Waals surface area contributed by atoms with Crippen molar-refractivity contribution in [2.24, 2.45) is 5.73 Å². The standard InChI is InChI=1S/C11H14BrNO2S2/c1-16-11-9(12)6-8(4-3-5-13)7-10(11)17(2,14)15/h3-4,6-7H,5,13H2,1-2H3/b4-3+. The molecule has 0 aliphatic carbocycles. The van der Waals surface area contributed by atoms with E-state index >= 15 is 0 Å². The Bertz CT molecular complexity index is 539. The van der Waals surface area contributed by atoms with Crippen LogP contribution in [0, 0.1) is 0 Å². The van der Waals surface area contributed by atoms with Gasteiger partial charge < -0.3 is 5.73 Å². The highest BCUT2D eigenvalue weighted by Crippen LogP contribution is 2.34. The first-order valence-electron chi connectivity index (χ1n) is 4.84. The van der Waals surface area contributed by atoms with E-state index < -0.39 is 9.84 Å². The minimum absolute atomic E-state index is 0.344. The lowest BCUT2D eigenvalue weighted by Gasteiger charge is -2.09. The van der Waals surface area contributed by atoms with Gasteiger partial charge in [0.05, 0.1) is 4.90 Å². The minimum Gasteiger partial charge on any atom is -0.327 e. The number of hydrogen-bond acceptors (Lipinski definition) is 4. The van der Waals surface area contributed by atoms with Crippen LogP contribution in [0.25, 0.3) is 6.08 Å². The zero-order valence-electron chi connectivity index (χ0n) is 9.60. The molecular formula is C11H14BrNO2S2. The fraction of sp³-hybridized carbons (Fsp3) is 0.273. The quantitative estimate of drug-likeness (QED) is 0.859. The maximum Gasteiger partial charge on any atom is 0.176 e. The summed E-state index contributed by atoms with van der Waals surface area (Å²) in [4.78, 5) is 1.08. The number of rotatable bonds is 4. The van der Waals surface area contributed by atoms with Gasteiger partial charge in [0.25, 0.3) is 0 Å². The molecule has 0 saturated carbocycles. The van der Waals surface area contributed by atoms with Crippen LogP contribution in [0.2, 0.25) is 0 Å². The summed E-state index contributed by atoms with van der Waals surface area (Å²) in [6, 6.07) is 3.55. The zero-order valence-corrected chi connectivity index (χ0v) is 12.8. The van der Waals surface area contributed by atoms with Crippen molar-refractivity contribution in [2.75, 3.05) is 19.1 Å². The first-order valence-corrected chi connectivity index (χ1v) is 8.75. The Balaban J connectivity index is 3.45. The Hall–Kier alpha value is -0.300. The van der Waals surface area contributed by atoms with Gasteiger partial charge in [-0.25, -0.2) is 8.42 Å². The van der Waals surface area contributed by atoms with Gasteiger partial charge in [-0.1, -0.05) is 12.2 Å². The second kappa shape index (κ2) is 6.04. The smallest absolute Gasteiger partial charge is 0.176 e. The van der Waals surface area contributed by atoms with Gasteiger partial charge in [0.1, 0.15) is 0 Å². The lowest BCUT2D eigenvalue weighted by atomic mass is 10.2. The summed E-state index contributed by atoms with van der Waals surface area (Å²) >= 11 is 4.80. The molecule has 3 nitrogen and oxygen atoms in total. The third kappa shape index (κ3) is 3.84. The third-order valence-corrected chi connectivity index (χ3v) is 5.07. The second-order valence-electron chi connectivity index (χ2n) is 3.44. The summed E-state index contributed by atoms with van der Waals surface area (Å²) in [6.07, 6.45) is 6.66. The number of halogens is 1. The molecule has 0 aromatic heterocycles. The van der Waals surface area contributed by atoms with Gasteiger partial charge in [-0.2, -0.15) is 0 Å². The van der Waals surface area contributed by atoms with Crippen molar-refractivity contribution < 1.29 is 8.42 Å². The Morgan fingerprint density at radius 3 is 2.59 bits per heavy atom. The maximum atomic E-state index is 11.7. The molecular weight excluding hydrogens is 322 g/mol. The molecule has 1 aromatic rings. The summed E-state index contributed by atoms with van der Waals surface area (Å²) in [5.74, 6) is 0. The lowest BCUT2D eigenvalue weighted by molar-refractivity contribution is 0.600. The lowest BCUT2D eigenvalue weighted by Crippen LogP contribution is -2.01. The van der Waals surface area contributed by atoms with Crippen LogP contribution in [0.3, 0.4) is 0 Å². The van der Waals surface area contributed by atoms with Crippen molar-refractivity contribution in [3.05, 3.63) is 28.2 Å². The van der Waals surface area contributed by atoms with Crippen LogP contribution in [-0.2, 0) is 9.84 Å². The van der Waals surface area contributed by atoms with E-state index in [2.05, 4.69) is 15.9 Å². The Morgan fingerprint density at radius 1 is 1.47 bits per heavy atom. The van der Waals surface area contributed by atoms with Crippen molar-refractivity contribution in [2.45, 2.75) is 9.79 Å². The van der Waals surface area contributed by atoms with Gasteiger partial charge in [0.15, 0.2) is 9.84 Å². The fourth-order valence-corrected chi connectivity index (χ4v) is 4.47. The predicted molar refractivity (Wildman–Crippen MR) is 77.1 cm³/mol. The van der Waals surface area contributed by atoms with Crippen LogP contribution >= 0.6 is 27.7 Å². The highest BCUT2D eigenvalue weighted by Gasteiger charge is 2.16. The molecule has 0 amide bonds. The van der Waals surface area contributed by atoms with Crippen molar-refractivity contribution >= 4 is 43.6 Å². The van der Waals surface area contributed by atoms with E-state index in [-0.39, 0.29) is 0 Å². The molecule has 0 aliphatic rings. The van der Waals surface area contributed by atoms with Gasteiger partial charge in [0.2, 0.25) is 0 Å². The van der Waals surface area contributed by atoms with Crippen molar-refractivity contribution in [1.29, 1.82) is 0 Å². The molecule has 6 heteroatoms. The molecule has 0 heterocycles. The minimum atomic E-state index is -3.23. The van der Waals surface area contributed by atoms with Gasteiger partial charge in [0, 0.05) is 22.2 Å². The molecule has 94 valence electrons. The van der Waals surface area contributed by atoms with E-state index in [0.717, 1.165) is 14.9 Å². The average molecular weight is 336 g/mol. The SMILES string of the molecule is CSc1c(Br)cc(/C=C/CN)cc1S(C)(=O)=O. The number of benzene rings is 1. The van der Waals surface area contributed by atoms with Crippen molar-refractivity contribution in [3.8, 4) is 0 Å². The second-order valence-corrected chi connectivity index (χ2v) is 7.10. The van der Waals surface area contributed by atoms with Crippen LogP contribution in [0.4, 0.5) is 0 Å². The van der Waals surface area contributed by atoms with Crippen molar-refractivity contribution in [3.63, 3.8) is 0 Å². The van der Waals surface area contributed by atoms with Crippen LogP contribution in [0.1, 0.15) is 5.56 Å². The van der Waals surface area contributed by atoms with Crippen LogP contribution in [0.5, 0.6) is 0 Å². The van der Waals surface area contributed by atoms with Gasteiger partial charge in [-0.3, -0.25) is 0 Å². The van der Waals surface area contributed by atoms with E-state index in [0.29, 0.717) is 11.4 Å². The predicted octanol–water partition coefficient (Wildman–Crippen LogP) is 2.55. The first kappa shape index (κ1) is 14.8. The molecule has 0 aliphatic heterocycles. The zero-order chi connectivity index (χ0) is 13.1. The first-order chi connectivity index (χ1) is 7.90. The molecule has 1 rings (SSSR count). The summed E-state index contributed by atoms with van der Waals surface area (Å²) in [6.45, 7) is 0.427. The van der Waals surface area contributed by atoms with Crippen LogP contribution in [-0.4, -0.2) is 27.5 Å². The molecule has 2 N–H and O–H groups in total. The molecule has 0 saturated heterocycles. The van der Waals surface area contributed by atoms with Crippen LogP contribution < -0.4 is 5.73 Å². The third-order valence-electron chi connectivity index (χ3n) is 2.08. The molecule has 1 aromatic carbocycles. The van der Waals surface area contributed by atoms with E-state index in [9.17, 15) is 8.42 Å². The van der Waals surface area contributed by atoms with E-state index in [1.54, 1.807) is 12.1 Å². The fourth-order valence-electron chi connectivity index (χ4n) is 1.36. The van der Waals surface area contributed by atoms with Gasteiger partial charge >= 0.3 is 0 Å². The number of thioether (sulfide) groups is 1. The molecule has 0 fully saturated rings. The highest BCUT2D eigenvalue weighted by atomic mass is 79.9. The summed E-state index contributed by atoms with van der Waals surface area (Å²) in [5.41, 5.74) is 6.19. The Labute approximate surface area is 115 Å². The number of sulfone groups is 1. The molecule has 0 radical (unpaired) electrons.